The lowest BCUT2D eigenvalue weighted by molar-refractivity contribution is -0.136. The van der Waals surface area contributed by atoms with Gasteiger partial charge in [0.25, 0.3) is 0 Å². The minimum absolute atomic E-state index is 0.121. The summed E-state index contributed by atoms with van der Waals surface area (Å²) in [5.41, 5.74) is 0.482. The molecule has 2 rings (SSSR count). The lowest BCUT2D eigenvalue weighted by Crippen LogP contribution is -2.06. The summed E-state index contributed by atoms with van der Waals surface area (Å²) in [7, 11) is 0. The molecule has 16 heavy (non-hydrogen) atoms. The maximum atomic E-state index is 10.5. The van der Waals surface area contributed by atoms with Crippen molar-refractivity contribution in [1.29, 1.82) is 0 Å². The highest BCUT2D eigenvalue weighted by atomic mass is 35.5. The van der Waals surface area contributed by atoms with Gasteiger partial charge in [-0.3, -0.25) is 4.79 Å². The number of hydrogen-bond acceptors (Lipinski definition) is 3. The molecule has 1 aliphatic rings. The fourth-order valence-electron chi connectivity index (χ4n) is 2.06. The highest BCUT2D eigenvalue weighted by Crippen LogP contribution is 2.32. The Morgan fingerprint density at radius 3 is 2.75 bits per heavy atom. The molecule has 1 N–H and O–H groups in total. The number of rotatable bonds is 3. The van der Waals surface area contributed by atoms with Crippen LogP contribution >= 0.6 is 11.6 Å². The number of nitrogens with zero attached hydrogens (tertiary/aromatic N) is 2. The Balaban J connectivity index is 2.18. The molecule has 0 unspecified atom stereocenters. The number of carboxylic acids is 1. The largest absolute Gasteiger partial charge is 0.481 e. The molecule has 4 nitrogen and oxygen atoms in total. The van der Waals surface area contributed by atoms with Crippen molar-refractivity contribution in [3.63, 3.8) is 0 Å². The summed E-state index contributed by atoms with van der Waals surface area (Å²) >= 11 is 5.94. The molecule has 1 aromatic heterocycles. The third-order valence-electron chi connectivity index (χ3n) is 2.89. The Kier molecular flexibility index (Phi) is 3.39. The molecule has 0 saturated heterocycles. The molecule has 1 heterocycles. The fourth-order valence-corrected chi connectivity index (χ4v) is 2.26. The Morgan fingerprint density at radius 2 is 2.19 bits per heavy atom. The molecule has 0 amide bonds. The average molecular weight is 241 g/mol. The molecular formula is C11H13ClN2O2. The monoisotopic (exact) mass is 240 g/mol. The van der Waals surface area contributed by atoms with Crippen molar-refractivity contribution in [3.05, 3.63) is 22.7 Å². The van der Waals surface area contributed by atoms with Crippen molar-refractivity contribution in [2.24, 2.45) is 0 Å². The summed E-state index contributed by atoms with van der Waals surface area (Å²) in [6.07, 6.45) is 6.05. The molecular weight excluding hydrogens is 228 g/mol. The first-order valence-corrected chi connectivity index (χ1v) is 5.77. The minimum Gasteiger partial charge on any atom is -0.481 e. The Morgan fingerprint density at radius 1 is 1.50 bits per heavy atom. The van der Waals surface area contributed by atoms with Crippen molar-refractivity contribution < 1.29 is 9.90 Å². The predicted octanol–water partition coefficient (Wildman–Crippen LogP) is 2.41. The highest BCUT2D eigenvalue weighted by molar-refractivity contribution is 6.30. The van der Waals surface area contributed by atoms with Gasteiger partial charge >= 0.3 is 5.97 Å². The van der Waals surface area contributed by atoms with E-state index in [1.165, 1.54) is 19.0 Å². The molecule has 0 aliphatic heterocycles. The first-order chi connectivity index (χ1) is 7.66. The van der Waals surface area contributed by atoms with E-state index in [1.807, 2.05) is 0 Å². The first-order valence-electron chi connectivity index (χ1n) is 5.40. The van der Waals surface area contributed by atoms with Crippen LogP contribution < -0.4 is 0 Å². The van der Waals surface area contributed by atoms with Crippen molar-refractivity contribution in [1.82, 2.24) is 9.97 Å². The van der Waals surface area contributed by atoms with Gasteiger partial charge in [0, 0.05) is 17.7 Å². The molecule has 1 aromatic rings. The predicted molar refractivity (Wildman–Crippen MR) is 59.6 cm³/mol. The van der Waals surface area contributed by atoms with Gasteiger partial charge < -0.3 is 5.11 Å². The lowest BCUT2D eigenvalue weighted by atomic mass is 10.1. The van der Waals surface area contributed by atoms with Crippen molar-refractivity contribution in [3.8, 4) is 0 Å². The fraction of sp³-hybridized carbons (Fsp3) is 0.545. The average Bonchev–Trinajstić information content (AvgIpc) is 2.73. The molecule has 5 heteroatoms. The third-order valence-corrected chi connectivity index (χ3v) is 3.22. The van der Waals surface area contributed by atoms with Gasteiger partial charge in [0.2, 0.25) is 0 Å². The maximum Gasteiger partial charge on any atom is 0.307 e. The van der Waals surface area contributed by atoms with Gasteiger partial charge in [-0.15, -0.1) is 0 Å². The minimum atomic E-state index is -0.917. The second-order valence-corrected chi connectivity index (χ2v) is 4.45. The van der Waals surface area contributed by atoms with Crippen LogP contribution in [0.3, 0.4) is 0 Å². The molecule has 0 bridgehead atoms. The first kappa shape index (κ1) is 11.3. The van der Waals surface area contributed by atoms with Crippen molar-refractivity contribution >= 4 is 17.6 Å². The molecule has 0 radical (unpaired) electrons. The van der Waals surface area contributed by atoms with Gasteiger partial charge in [-0.2, -0.15) is 0 Å². The van der Waals surface area contributed by atoms with Crippen LogP contribution in [0.4, 0.5) is 0 Å². The van der Waals surface area contributed by atoms with Crippen LogP contribution in [-0.4, -0.2) is 21.0 Å². The van der Waals surface area contributed by atoms with E-state index in [-0.39, 0.29) is 11.6 Å². The quantitative estimate of drug-likeness (QED) is 0.825. The van der Waals surface area contributed by atoms with Gasteiger partial charge in [-0.05, 0) is 12.8 Å². The molecule has 1 saturated carbocycles. The Labute approximate surface area is 98.7 Å². The zero-order chi connectivity index (χ0) is 11.5. The number of carboxylic acid groups (broad SMARTS) is 1. The van der Waals surface area contributed by atoms with E-state index in [4.69, 9.17) is 16.7 Å². The van der Waals surface area contributed by atoms with Crippen molar-refractivity contribution in [2.45, 2.75) is 38.0 Å². The van der Waals surface area contributed by atoms with E-state index in [0.717, 1.165) is 18.7 Å². The summed E-state index contributed by atoms with van der Waals surface area (Å²) < 4.78 is 0. The summed E-state index contributed by atoms with van der Waals surface area (Å²) in [5.74, 6) is 0.243. The van der Waals surface area contributed by atoms with Crippen LogP contribution in [0.5, 0.6) is 0 Å². The number of aromatic nitrogens is 2. The second kappa shape index (κ2) is 4.78. The Bertz CT molecular complexity index is 403. The number of halogens is 1. The molecule has 1 aliphatic carbocycles. The highest BCUT2D eigenvalue weighted by Gasteiger charge is 2.20. The van der Waals surface area contributed by atoms with Gasteiger partial charge in [0.15, 0.2) is 0 Å². The normalized spacial score (nSPS) is 16.6. The van der Waals surface area contributed by atoms with Gasteiger partial charge in [0.05, 0.1) is 6.42 Å². The van der Waals surface area contributed by atoms with Crippen molar-refractivity contribution in [2.75, 3.05) is 0 Å². The summed E-state index contributed by atoms with van der Waals surface area (Å²) in [6, 6.07) is 0. The van der Waals surface area contributed by atoms with E-state index in [9.17, 15) is 4.79 Å². The van der Waals surface area contributed by atoms with Gasteiger partial charge in [0.1, 0.15) is 11.0 Å². The summed E-state index contributed by atoms with van der Waals surface area (Å²) in [6.45, 7) is 0. The zero-order valence-electron chi connectivity index (χ0n) is 8.82. The van der Waals surface area contributed by atoms with Crippen LogP contribution in [-0.2, 0) is 11.2 Å². The van der Waals surface area contributed by atoms with E-state index in [0.29, 0.717) is 11.5 Å². The smallest absolute Gasteiger partial charge is 0.307 e. The van der Waals surface area contributed by atoms with Crippen LogP contribution in [0, 0.1) is 0 Å². The van der Waals surface area contributed by atoms with Crippen LogP contribution in [0.25, 0.3) is 0 Å². The van der Waals surface area contributed by atoms with E-state index in [1.54, 1.807) is 0 Å². The lowest BCUT2D eigenvalue weighted by Gasteiger charge is -2.08. The standard InChI is InChI=1S/C11H13ClN2O2/c12-10-8(5-9(15)16)6-13-11(14-10)7-3-1-2-4-7/h6-7H,1-5H2,(H,15,16). The van der Waals surface area contributed by atoms with Crippen LogP contribution in [0.2, 0.25) is 5.15 Å². The summed E-state index contributed by atoms with van der Waals surface area (Å²) in [5, 5.41) is 8.94. The summed E-state index contributed by atoms with van der Waals surface area (Å²) in [4.78, 5) is 19.0. The van der Waals surface area contributed by atoms with Crippen LogP contribution in [0.15, 0.2) is 6.20 Å². The molecule has 1 fully saturated rings. The third kappa shape index (κ3) is 2.50. The molecule has 0 atom stereocenters. The van der Waals surface area contributed by atoms with Gasteiger partial charge in [-0.25, -0.2) is 9.97 Å². The molecule has 0 aromatic carbocycles. The molecule has 0 spiro atoms. The number of carbonyl (C=O) groups is 1. The SMILES string of the molecule is O=C(O)Cc1cnc(C2CCCC2)nc1Cl. The second-order valence-electron chi connectivity index (χ2n) is 4.10. The maximum absolute atomic E-state index is 10.5. The number of hydrogen-bond donors (Lipinski definition) is 1. The Hall–Kier alpha value is -1.16. The van der Waals surface area contributed by atoms with E-state index in [2.05, 4.69) is 9.97 Å². The topological polar surface area (TPSA) is 63.1 Å². The molecule has 86 valence electrons. The van der Waals surface area contributed by atoms with Crippen LogP contribution in [0.1, 0.15) is 43.0 Å². The number of aliphatic carboxylic acids is 1. The van der Waals surface area contributed by atoms with E-state index < -0.39 is 5.97 Å². The zero-order valence-corrected chi connectivity index (χ0v) is 9.57. The van der Waals surface area contributed by atoms with Gasteiger partial charge in [-0.1, -0.05) is 24.4 Å². The van der Waals surface area contributed by atoms with E-state index >= 15 is 0 Å².